The average molecular weight is 495 g/mol. The van der Waals surface area contributed by atoms with Gasteiger partial charge in [0, 0.05) is 37.2 Å². The SMILES string of the molecule is NC(=O)C1=Nc2ccccc2C1N.O=C(O)CCCNC(=O)CCCCc1ccc2c(n1)NCCC2. The van der Waals surface area contributed by atoms with Crippen LogP contribution in [-0.4, -0.2) is 46.7 Å². The Morgan fingerprint density at radius 3 is 2.64 bits per heavy atom. The predicted molar refractivity (Wildman–Crippen MR) is 138 cm³/mol. The second-order valence-corrected chi connectivity index (χ2v) is 8.79. The number of benzene rings is 1. The van der Waals surface area contributed by atoms with Gasteiger partial charge in [-0.3, -0.25) is 14.4 Å². The van der Waals surface area contributed by atoms with Crippen LogP contribution in [0.5, 0.6) is 0 Å². The van der Waals surface area contributed by atoms with Crippen LogP contribution in [0.25, 0.3) is 0 Å². The molecule has 192 valence electrons. The number of para-hydroxylation sites is 1. The number of nitrogens with one attached hydrogen (secondary N) is 2. The van der Waals surface area contributed by atoms with Gasteiger partial charge < -0.3 is 27.2 Å². The number of carboxylic acid groups (broad SMARTS) is 1. The number of nitrogens with two attached hydrogens (primary N) is 2. The van der Waals surface area contributed by atoms with Gasteiger partial charge in [0.1, 0.15) is 11.5 Å². The largest absolute Gasteiger partial charge is 0.481 e. The van der Waals surface area contributed by atoms with Crippen LogP contribution in [-0.2, 0) is 27.2 Å². The molecule has 3 heterocycles. The van der Waals surface area contributed by atoms with Crippen molar-refractivity contribution in [2.75, 3.05) is 18.4 Å². The number of carbonyl (C=O) groups excluding carboxylic acids is 2. The van der Waals surface area contributed by atoms with Crippen LogP contribution in [0, 0.1) is 0 Å². The monoisotopic (exact) mass is 494 g/mol. The molecule has 36 heavy (non-hydrogen) atoms. The lowest BCUT2D eigenvalue weighted by atomic mass is 10.1. The molecule has 0 saturated heterocycles. The molecule has 0 aliphatic carbocycles. The number of carboxylic acids is 1. The molecule has 2 aliphatic heterocycles. The number of aliphatic carboxylic acids is 1. The predicted octanol–water partition coefficient (Wildman–Crippen LogP) is 2.39. The van der Waals surface area contributed by atoms with Gasteiger partial charge in [-0.05, 0) is 56.2 Å². The first-order valence-corrected chi connectivity index (χ1v) is 12.3. The number of primary amides is 1. The molecule has 0 bridgehead atoms. The van der Waals surface area contributed by atoms with E-state index in [0.29, 0.717) is 19.4 Å². The van der Waals surface area contributed by atoms with E-state index in [2.05, 4.69) is 32.7 Å². The fraction of sp³-hybridized carbons (Fsp3) is 0.423. The standard InChI is InChI=1S/C17H25N3O3.C9H9N3O/c21-15(18-11-4-8-16(22)23)7-2-1-6-14-10-9-13-5-3-12-19-17(13)20-14;10-7-5-3-1-2-4-6(5)12-8(7)9(11)13/h9-10H,1-8,11-12H2,(H,18,21)(H,19,20)(H,22,23);1-4,7H,10H2,(H2,11,13). The van der Waals surface area contributed by atoms with Gasteiger partial charge in [0.15, 0.2) is 0 Å². The van der Waals surface area contributed by atoms with E-state index >= 15 is 0 Å². The third-order valence-corrected chi connectivity index (χ3v) is 5.99. The summed E-state index contributed by atoms with van der Waals surface area (Å²) >= 11 is 0. The molecule has 0 spiro atoms. The lowest BCUT2D eigenvalue weighted by Gasteiger charge is -2.17. The second kappa shape index (κ2) is 13.3. The van der Waals surface area contributed by atoms with Crippen molar-refractivity contribution in [1.29, 1.82) is 0 Å². The van der Waals surface area contributed by atoms with Crippen molar-refractivity contribution >= 4 is 35.0 Å². The fourth-order valence-electron chi connectivity index (χ4n) is 4.06. The minimum atomic E-state index is -0.828. The highest BCUT2D eigenvalue weighted by Gasteiger charge is 2.26. The van der Waals surface area contributed by atoms with E-state index in [1.165, 1.54) is 5.56 Å². The molecule has 1 atom stereocenters. The quantitative estimate of drug-likeness (QED) is 0.315. The lowest BCUT2D eigenvalue weighted by molar-refractivity contribution is -0.137. The molecule has 2 amide bonds. The van der Waals surface area contributed by atoms with Crippen molar-refractivity contribution < 1.29 is 19.5 Å². The number of hydrogen-bond acceptors (Lipinski definition) is 7. The van der Waals surface area contributed by atoms with Crippen LogP contribution >= 0.6 is 0 Å². The smallest absolute Gasteiger partial charge is 0.303 e. The van der Waals surface area contributed by atoms with Crippen molar-refractivity contribution in [3.63, 3.8) is 0 Å². The lowest BCUT2D eigenvalue weighted by Crippen LogP contribution is -2.31. The van der Waals surface area contributed by atoms with Gasteiger partial charge in [0.2, 0.25) is 5.91 Å². The molecule has 2 aliphatic rings. The molecular formula is C26H34N6O4. The molecule has 10 heteroatoms. The Labute approximate surface area is 210 Å². The molecule has 0 saturated carbocycles. The first kappa shape index (κ1) is 26.8. The van der Waals surface area contributed by atoms with Crippen LogP contribution in [0.2, 0.25) is 0 Å². The Morgan fingerprint density at radius 1 is 1.08 bits per heavy atom. The number of hydrogen-bond donors (Lipinski definition) is 5. The summed E-state index contributed by atoms with van der Waals surface area (Å²) in [5.41, 5.74) is 15.1. The van der Waals surface area contributed by atoms with Crippen LogP contribution in [0.4, 0.5) is 11.5 Å². The van der Waals surface area contributed by atoms with Crippen molar-refractivity contribution in [2.45, 2.75) is 57.4 Å². The Balaban J connectivity index is 0.000000233. The highest BCUT2D eigenvalue weighted by atomic mass is 16.4. The summed E-state index contributed by atoms with van der Waals surface area (Å²) in [6, 6.07) is 11.1. The third-order valence-electron chi connectivity index (χ3n) is 5.99. The zero-order chi connectivity index (χ0) is 25.9. The molecule has 4 rings (SSSR count). The summed E-state index contributed by atoms with van der Waals surface area (Å²) in [4.78, 5) is 41.5. The summed E-state index contributed by atoms with van der Waals surface area (Å²) in [5.74, 6) is -0.365. The van der Waals surface area contributed by atoms with Crippen LogP contribution in [0.3, 0.4) is 0 Å². The zero-order valence-corrected chi connectivity index (χ0v) is 20.3. The van der Waals surface area contributed by atoms with Crippen LogP contribution in [0.1, 0.15) is 61.4 Å². The maximum absolute atomic E-state index is 11.6. The number of anilines is 1. The third kappa shape index (κ3) is 7.88. The maximum atomic E-state index is 11.6. The Hall–Kier alpha value is -3.79. The number of aryl methyl sites for hydroxylation is 2. The fourth-order valence-corrected chi connectivity index (χ4v) is 4.06. The van der Waals surface area contributed by atoms with Crippen molar-refractivity contribution in [3.8, 4) is 0 Å². The average Bonchev–Trinajstić information content (AvgIpc) is 3.21. The highest BCUT2D eigenvalue weighted by Crippen LogP contribution is 2.31. The van der Waals surface area contributed by atoms with Crippen LogP contribution < -0.4 is 22.1 Å². The van der Waals surface area contributed by atoms with Gasteiger partial charge in [-0.25, -0.2) is 9.98 Å². The number of carbonyl (C=O) groups is 3. The molecular weight excluding hydrogens is 460 g/mol. The first-order valence-electron chi connectivity index (χ1n) is 12.3. The van der Waals surface area contributed by atoms with Crippen molar-refractivity contribution in [1.82, 2.24) is 10.3 Å². The second-order valence-electron chi connectivity index (χ2n) is 8.79. The van der Waals surface area contributed by atoms with E-state index in [1.807, 2.05) is 24.3 Å². The van der Waals surface area contributed by atoms with Crippen molar-refractivity contribution in [3.05, 3.63) is 53.2 Å². The summed E-state index contributed by atoms with van der Waals surface area (Å²) in [6.45, 7) is 1.43. The van der Waals surface area contributed by atoms with E-state index in [9.17, 15) is 14.4 Å². The number of nitrogens with zero attached hydrogens (tertiary/aromatic N) is 2. The van der Waals surface area contributed by atoms with E-state index in [0.717, 1.165) is 61.4 Å². The Morgan fingerprint density at radius 2 is 1.89 bits per heavy atom. The Bertz CT molecular complexity index is 1120. The van der Waals surface area contributed by atoms with E-state index in [4.69, 9.17) is 16.6 Å². The van der Waals surface area contributed by atoms with Gasteiger partial charge in [-0.15, -0.1) is 0 Å². The first-order chi connectivity index (χ1) is 17.3. The zero-order valence-electron chi connectivity index (χ0n) is 20.3. The van der Waals surface area contributed by atoms with Gasteiger partial charge in [0.05, 0.1) is 11.7 Å². The Kier molecular flexibility index (Phi) is 9.93. The normalized spacial score (nSPS) is 15.4. The van der Waals surface area contributed by atoms with Gasteiger partial charge in [-0.2, -0.15) is 0 Å². The number of aliphatic imine (C=N–C) groups is 1. The molecule has 7 N–H and O–H groups in total. The van der Waals surface area contributed by atoms with Crippen LogP contribution in [0.15, 0.2) is 41.4 Å². The summed E-state index contributed by atoms with van der Waals surface area (Å²) in [7, 11) is 0. The van der Waals surface area contributed by atoms with Gasteiger partial charge in [-0.1, -0.05) is 24.3 Å². The summed E-state index contributed by atoms with van der Waals surface area (Å²) < 4.78 is 0. The molecule has 10 nitrogen and oxygen atoms in total. The molecule has 0 radical (unpaired) electrons. The molecule has 2 aromatic rings. The maximum Gasteiger partial charge on any atom is 0.303 e. The minimum Gasteiger partial charge on any atom is -0.481 e. The molecule has 0 fully saturated rings. The summed E-state index contributed by atoms with van der Waals surface area (Å²) in [5, 5.41) is 14.6. The number of aromatic nitrogens is 1. The molecule has 1 aromatic carbocycles. The molecule has 1 aromatic heterocycles. The van der Waals surface area contributed by atoms with E-state index < -0.39 is 17.9 Å². The van der Waals surface area contributed by atoms with Gasteiger partial charge >= 0.3 is 5.97 Å². The minimum absolute atomic E-state index is 0.00421. The number of unbranched alkanes of at least 4 members (excludes halogenated alkanes) is 1. The van der Waals surface area contributed by atoms with Crippen molar-refractivity contribution in [2.24, 2.45) is 16.5 Å². The number of fused-ring (bicyclic) bond motifs is 2. The topological polar surface area (TPSA) is 173 Å². The number of pyridine rings is 1. The molecule has 1 unspecified atom stereocenters. The number of rotatable bonds is 10. The van der Waals surface area contributed by atoms with Gasteiger partial charge in [0.25, 0.3) is 5.91 Å². The van der Waals surface area contributed by atoms with E-state index in [1.54, 1.807) is 0 Å². The number of amides is 2. The van der Waals surface area contributed by atoms with E-state index in [-0.39, 0.29) is 18.0 Å². The summed E-state index contributed by atoms with van der Waals surface area (Å²) in [6.07, 6.45) is 5.93. The highest BCUT2D eigenvalue weighted by molar-refractivity contribution is 6.41.